The Labute approximate surface area is 163 Å². The Morgan fingerprint density at radius 2 is 1.81 bits per heavy atom. The zero-order valence-electron chi connectivity index (χ0n) is 15.3. The Hall–Kier alpha value is -1.87. The molecule has 6 nitrogen and oxygen atoms in total. The minimum Gasteiger partial charge on any atom is -0.382 e. The topological polar surface area (TPSA) is 70.1 Å². The van der Waals surface area contributed by atoms with Gasteiger partial charge in [0.2, 0.25) is 0 Å². The zero-order valence-corrected chi connectivity index (χ0v) is 16.9. The Kier molecular flexibility index (Phi) is 5.90. The van der Waals surface area contributed by atoms with Gasteiger partial charge < -0.3 is 4.90 Å². The highest BCUT2D eigenvalue weighted by Crippen LogP contribution is 2.37. The third-order valence-electron chi connectivity index (χ3n) is 4.46. The standard InChI is InChI=1S/C18H22FN3O3S2/c1-21(2)12-16-17(23)22(14-6-4-3-5-7-14)18(26-16)20-27(24,25)15-10-8-13(19)9-11-15/h8-12,14H,3-7H2,1-2H3. The van der Waals surface area contributed by atoms with Crippen LogP contribution >= 0.6 is 11.8 Å². The van der Waals surface area contributed by atoms with E-state index in [2.05, 4.69) is 4.40 Å². The number of halogens is 1. The van der Waals surface area contributed by atoms with Crippen molar-refractivity contribution in [1.29, 1.82) is 0 Å². The second kappa shape index (κ2) is 8.02. The summed E-state index contributed by atoms with van der Waals surface area (Å²) in [7, 11) is -0.438. The average molecular weight is 412 g/mol. The molecule has 0 N–H and O–H groups in total. The molecule has 1 saturated carbocycles. The van der Waals surface area contributed by atoms with Crippen LogP contribution in [0.15, 0.2) is 44.7 Å². The summed E-state index contributed by atoms with van der Waals surface area (Å²) in [5, 5.41) is 0.171. The smallest absolute Gasteiger partial charge is 0.284 e. The molecule has 2 aliphatic rings. The van der Waals surface area contributed by atoms with Gasteiger partial charge >= 0.3 is 0 Å². The van der Waals surface area contributed by atoms with Crippen molar-refractivity contribution in [3.05, 3.63) is 41.2 Å². The van der Waals surface area contributed by atoms with Gasteiger partial charge in [0.1, 0.15) is 5.82 Å². The monoisotopic (exact) mass is 411 g/mol. The third-order valence-corrected chi connectivity index (χ3v) is 6.83. The fourth-order valence-electron chi connectivity index (χ4n) is 3.20. The van der Waals surface area contributed by atoms with Crippen molar-refractivity contribution < 1.29 is 17.6 Å². The molecular formula is C18H22FN3O3S2. The fraction of sp³-hybridized carbons (Fsp3) is 0.444. The molecule has 0 atom stereocenters. The largest absolute Gasteiger partial charge is 0.382 e. The number of carbonyl (C=O) groups is 1. The molecule has 27 heavy (non-hydrogen) atoms. The average Bonchev–Trinajstić information content (AvgIpc) is 2.90. The number of hydrogen-bond acceptors (Lipinski definition) is 5. The Balaban J connectivity index is 1.99. The maximum Gasteiger partial charge on any atom is 0.284 e. The number of hydrogen-bond donors (Lipinski definition) is 0. The van der Waals surface area contributed by atoms with E-state index in [4.69, 9.17) is 0 Å². The van der Waals surface area contributed by atoms with Crippen LogP contribution in [-0.2, 0) is 14.8 Å². The zero-order chi connectivity index (χ0) is 19.6. The molecule has 146 valence electrons. The van der Waals surface area contributed by atoms with Crippen LogP contribution in [0.4, 0.5) is 4.39 Å². The Morgan fingerprint density at radius 3 is 2.41 bits per heavy atom. The molecule has 0 radical (unpaired) electrons. The van der Waals surface area contributed by atoms with Crippen LogP contribution in [0.25, 0.3) is 0 Å². The highest BCUT2D eigenvalue weighted by Gasteiger charge is 2.40. The van der Waals surface area contributed by atoms with Gasteiger partial charge in [-0.05, 0) is 48.9 Å². The van der Waals surface area contributed by atoms with Gasteiger partial charge in [-0.25, -0.2) is 4.39 Å². The lowest BCUT2D eigenvalue weighted by Crippen LogP contribution is -2.40. The summed E-state index contributed by atoms with van der Waals surface area (Å²) >= 11 is 1.07. The lowest BCUT2D eigenvalue weighted by molar-refractivity contribution is -0.124. The van der Waals surface area contributed by atoms with Crippen LogP contribution in [0.3, 0.4) is 0 Å². The van der Waals surface area contributed by atoms with Crippen molar-refractivity contribution in [3.8, 4) is 0 Å². The van der Waals surface area contributed by atoms with E-state index in [1.54, 1.807) is 25.2 Å². The first-order valence-corrected chi connectivity index (χ1v) is 11.0. The molecule has 9 heteroatoms. The number of carbonyl (C=O) groups excluding carboxylic acids is 1. The van der Waals surface area contributed by atoms with Crippen molar-refractivity contribution in [2.75, 3.05) is 14.1 Å². The van der Waals surface area contributed by atoms with Crippen LogP contribution in [0.2, 0.25) is 0 Å². The van der Waals surface area contributed by atoms with Gasteiger partial charge in [-0.15, -0.1) is 4.40 Å². The minimum absolute atomic E-state index is 0.0472. The first-order chi connectivity index (χ1) is 12.8. The van der Waals surface area contributed by atoms with Crippen LogP contribution < -0.4 is 0 Å². The van der Waals surface area contributed by atoms with E-state index in [0.717, 1.165) is 56.0 Å². The summed E-state index contributed by atoms with van der Waals surface area (Å²) < 4.78 is 42.4. The number of rotatable bonds is 4. The van der Waals surface area contributed by atoms with E-state index >= 15 is 0 Å². The molecule has 2 fully saturated rings. The quantitative estimate of drug-likeness (QED) is 0.712. The molecular weight excluding hydrogens is 389 g/mol. The van der Waals surface area contributed by atoms with Crippen molar-refractivity contribution in [3.63, 3.8) is 0 Å². The molecule has 0 spiro atoms. The van der Waals surface area contributed by atoms with Crippen LogP contribution in [0.5, 0.6) is 0 Å². The summed E-state index contributed by atoms with van der Waals surface area (Å²) in [4.78, 5) is 16.5. The third kappa shape index (κ3) is 4.52. The van der Waals surface area contributed by atoms with E-state index in [0.29, 0.717) is 4.91 Å². The molecule has 0 bridgehead atoms. The van der Waals surface area contributed by atoms with E-state index in [9.17, 15) is 17.6 Å². The second-order valence-electron chi connectivity index (χ2n) is 6.83. The van der Waals surface area contributed by atoms with E-state index in [1.165, 1.54) is 17.0 Å². The van der Waals surface area contributed by atoms with E-state index < -0.39 is 15.8 Å². The lowest BCUT2D eigenvalue weighted by Gasteiger charge is -2.30. The number of thioether (sulfide) groups is 1. The predicted molar refractivity (Wildman–Crippen MR) is 104 cm³/mol. The number of amides is 1. The molecule has 1 aliphatic carbocycles. The maximum absolute atomic E-state index is 13.1. The van der Waals surface area contributed by atoms with Crippen molar-refractivity contribution in [1.82, 2.24) is 9.80 Å². The predicted octanol–water partition coefficient (Wildman–Crippen LogP) is 3.18. The molecule has 1 amide bonds. The molecule has 1 heterocycles. The molecule has 1 saturated heterocycles. The Morgan fingerprint density at radius 1 is 1.19 bits per heavy atom. The Bertz CT molecular complexity index is 874. The molecule has 0 aromatic heterocycles. The van der Waals surface area contributed by atoms with Crippen LogP contribution in [0, 0.1) is 5.82 Å². The lowest BCUT2D eigenvalue weighted by atomic mass is 9.94. The molecule has 1 aromatic rings. The number of sulfonamides is 1. The molecule has 0 unspecified atom stereocenters. The van der Waals surface area contributed by atoms with Crippen LogP contribution in [-0.4, -0.2) is 49.4 Å². The normalized spacial score (nSPS) is 22.0. The number of amidine groups is 1. The fourth-order valence-corrected chi connectivity index (χ4v) is 5.50. The number of benzene rings is 1. The van der Waals surface area contributed by atoms with Crippen molar-refractivity contribution in [2.24, 2.45) is 4.40 Å². The van der Waals surface area contributed by atoms with Gasteiger partial charge in [0.05, 0.1) is 9.80 Å². The molecule has 3 rings (SSSR count). The van der Waals surface area contributed by atoms with Gasteiger partial charge in [-0.2, -0.15) is 8.42 Å². The summed E-state index contributed by atoms with van der Waals surface area (Å²) in [5.41, 5.74) is 0. The van der Waals surface area contributed by atoms with Gasteiger partial charge in [0, 0.05) is 26.3 Å². The highest BCUT2D eigenvalue weighted by molar-refractivity contribution is 8.19. The van der Waals surface area contributed by atoms with Crippen LogP contribution in [0.1, 0.15) is 32.1 Å². The van der Waals surface area contributed by atoms with Gasteiger partial charge in [-0.1, -0.05) is 19.3 Å². The van der Waals surface area contributed by atoms with Gasteiger partial charge in [0.15, 0.2) is 5.17 Å². The van der Waals surface area contributed by atoms with Crippen molar-refractivity contribution >= 4 is 32.9 Å². The first-order valence-electron chi connectivity index (χ1n) is 8.78. The summed E-state index contributed by atoms with van der Waals surface area (Å²) in [6.07, 6.45) is 6.46. The molecule has 1 aromatic carbocycles. The van der Waals surface area contributed by atoms with Crippen molar-refractivity contribution in [2.45, 2.75) is 43.0 Å². The summed E-state index contributed by atoms with van der Waals surface area (Å²) in [6.45, 7) is 0. The first kappa shape index (κ1) is 19.9. The number of nitrogens with zero attached hydrogens (tertiary/aromatic N) is 3. The van der Waals surface area contributed by atoms with Gasteiger partial charge in [-0.3, -0.25) is 9.69 Å². The maximum atomic E-state index is 13.1. The SMILES string of the molecule is CN(C)C=C1SC(=NS(=O)(=O)c2ccc(F)cc2)N(C2CCCCC2)C1=O. The summed E-state index contributed by atoms with van der Waals surface area (Å²) in [5.74, 6) is -0.735. The van der Waals surface area contributed by atoms with E-state index in [1.807, 2.05) is 0 Å². The minimum atomic E-state index is -4.04. The van der Waals surface area contributed by atoms with Gasteiger partial charge in [0.25, 0.3) is 15.9 Å². The highest BCUT2D eigenvalue weighted by atomic mass is 32.2. The second-order valence-corrected chi connectivity index (χ2v) is 9.44. The summed E-state index contributed by atoms with van der Waals surface area (Å²) in [6, 6.07) is 4.47. The van der Waals surface area contributed by atoms with E-state index in [-0.39, 0.29) is 22.0 Å². The molecule has 1 aliphatic heterocycles.